The maximum absolute atomic E-state index is 12.5. The van der Waals surface area contributed by atoms with Crippen LogP contribution in [0.3, 0.4) is 0 Å². The third-order valence-electron chi connectivity index (χ3n) is 5.55. The van der Waals surface area contributed by atoms with E-state index in [1.807, 2.05) is 48.5 Å². The first-order valence-corrected chi connectivity index (χ1v) is 11.4. The fourth-order valence-electron chi connectivity index (χ4n) is 3.60. The summed E-state index contributed by atoms with van der Waals surface area (Å²) in [5.74, 6) is 0.440. The van der Waals surface area contributed by atoms with Crippen molar-refractivity contribution < 1.29 is 22.7 Å². The number of ether oxygens (including phenoxy) is 1. The van der Waals surface area contributed by atoms with Crippen molar-refractivity contribution in [3.8, 4) is 22.8 Å². The number of halogens is 3. The summed E-state index contributed by atoms with van der Waals surface area (Å²) in [6, 6.07) is 20.7. The van der Waals surface area contributed by atoms with Crippen molar-refractivity contribution in [1.82, 2.24) is 20.1 Å². The van der Waals surface area contributed by atoms with Crippen molar-refractivity contribution in [1.29, 1.82) is 0 Å². The summed E-state index contributed by atoms with van der Waals surface area (Å²) in [7, 11) is 0. The van der Waals surface area contributed by atoms with Gasteiger partial charge in [0, 0.05) is 17.7 Å². The van der Waals surface area contributed by atoms with Gasteiger partial charge in [-0.3, -0.25) is 4.79 Å². The highest BCUT2D eigenvalue weighted by Crippen LogP contribution is 2.24. The lowest BCUT2D eigenvalue weighted by Gasteiger charge is -2.09. The van der Waals surface area contributed by atoms with Gasteiger partial charge in [-0.2, -0.15) is 0 Å². The molecular formula is C27H25F3N4O2. The number of aromatic nitrogens is 3. The zero-order chi connectivity index (χ0) is 25.7. The summed E-state index contributed by atoms with van der Waals surface area (Å²) in [5.41, 5.74) is 4.18. The SMILES string of the molecule is CC(C)c1cccc(C(=O)NCCc2ccc(-c3ncn(-c4ccc(OC(F)(F)F)cc4)n3)cc2)c1. The largest absolute Gasteiger partial charge is 0.573 e. The maximum Gasteiger partial charge on any atom is 0.573 e. The van der Waals surface area contributed by atoms with E-state index in [2.05, 4.69) is 34.0 Å². The average Bonchev–Trinajstić information content (AvgIpc) is 3.34. The summed E-state index contributed by atoms with van der Waals surface area (Å²) in [5, 5.41) is 7.37. The first-order valence-electron chi connectivity index (χ1n) is 11.4. The minimum absolute atomic E-state index is 0.0955. The number of alkyl halides is 3. The van der Waals surface area contributed by atoms with Crippen LogP contribution in [0.15, 0.2) is 79.1 Å². The van der Waals surface area contributed by atoms with E-state index < -0.39 is 6.36 Å². The van der Waals surface area contributed by atoms with Crippen LogP contribution in [-0.4, -0.2) is 33.6 Å². The zero-order valence-electron chi connectivity index (χ0n) is 19.8. The predicted octanol–water partition coefficient (Wildman–Crippen LogP) is 5.93. The fourth-order valence-corrected chi connectivity index (χ4v) is 3.60. The summed E-state index contributed by atoms with van der Waals surface area (Å²) < 4.78 is 42.3. The van der Waals surface area contributed by atoms with Crippen LogP contribution in [0.1, 0.15) is 41.3 Å². The highest BCUT2D eigenvalue weighted by molar-refractivity contribution is 5.94. The molecule has 0 aliphatic rings. The van der Waals surface area contributed by atoms with Gasteiger partial charge >= 0.3 is 6.36 Å². The molecule has 0 saturated heterocycles. The van der Waals surface area contributed by atoms with Crippen LogP contribution in [0.4, 0.5) is 13.2 Å². The second-order valence-electron chi connectivity index (χ2n) is 8.54. The van der Waals surface area contributed by atoms with Crippen molar-refractivity contribution >= 4 is 5.91 Å². The molecule has 1 N–H and O–H groups in total. The monoisotopic (exact) mass is 494 g/mol. The van der Waals surface area contributed by atoms with Gasteiger partial charge in [-0.15, -0.1) is 18.3 Å². The van der Waals surface area contributed by atoms with E-state index in [0.717, 1.165) is 16.7 Å². The molecule has 0 spiro atoms. The van der Waals surface area contributed by atoms with E-state index in [9.17, 15) is 18.0 Å². The fraction of sp³-hybridized carbons (Fsp3) is 0.222. The molecule has 0 aliphatic carbocycles. The molecule has 4 rings (SSSR count). The van der Waals surface area contributed by atoms with Crippen LogP contribution in [0.5, 0.6) is 5.75 Å². The summed E-state index contributed by atoms with van der Waals surface area (Å²) in [4.78, 5) is 16.8. The second-order valence-corrected chi connectivity index (χ2v) is 8.54. The number of hydrogen-bond acceptors (Lipinski definition) is 4. The lowest BCUT2D eigenvalue weighted by atomic mass is 10.0. The Morgan fingerprint density at radius 2 is 1.75 bits per heavy atom. The van der Waals surface area contributed by atoms with Gasteiger partial charge in [0.15, 0.2) is 5.82 Å². The van der Waals surface area contributed by atoms with Crippen molar-refractivity contribution in [3.63, 3.8) is 0 Å². The van der Waals surface area contributed by atoms with Gasteiger partial charge in [0.05, 0.1) is 5.69 Å². The Hall–Kier alpha value is -4.14. The van der Waals surface area contributed by atoms with Gasteiger partial charge in [0.2, 0.25) is 0 Å². The standard InChI is InChI=1S/C27H25F3N4O2/c1-18(2)21-4-3-5-22(16-21)26(35)31-15-14-19-6-8-20(9-7-19)25-32-17-34(33-25)23-10-12-24(13-11-23)36-27(28,29)30/h3-13,16-18H,14-15H2,1-2H3,(H,31,35). The first-order chi connectivity index (χ1) is 17.2. The molecule has 0 aliphatic heterocycles. The van der Waals surface area contributed by atoms with Gasteiger partial charge < -0.3 is 10.1 Å². The number of carbonyl (C=O) groups excluding carboxylic acids is 1. The molecular weight excluding hydrogens is 469 g/mol. The predicted molar refractivity (Wildman–Crippen MR) is 130 cm³/mol. The molecule has 1 amide bonds. The van der Waals surface area contributed by atoms with E-state index in [4.69, 9.17) is 0 Å². The molecule has 36 heavy (non-hydrogen) atoms. The molecule has 0 radical (unpaired) electrons. The summed E-state index contributed by atoms with van der Waals surface area (Å²) >= 11 is 0. The number of carbonyl (C=O) groups is 1. The Morgan fingerprint density at radius 1 is 1.03 bits per heavy atom. The van der Waals surface area contributed by atoms with Gasteiger partial charge in [-0.1, -0.05) is 50.2 Å². The number of nitrogens with one attached hydrogen (secondary N) is 1. The van der Waals surface area contributed by atoms with E-state index in [1.54, 1.807) is 0 Å². The average molecular weight is 495 g/mol. The Labute approximate surface area is 206 Å². The highest BCUT2D eigenvalue weighted by atomic mass is 19.4. The van der Waals surface area contributed by atoms with Crippen LogP contribution < -0.4 is 10.1 Å². The topological polar surface area (TPSA) is 69.0 Å². The van der Waals surface area contributed by atoms with E-state index in [-0.39, 0.29) is 11.7 Å². The van der Waals surface area contributed by atoms with Crippen LogP contribution in [0.25, 0.3) is 17.1 Å². The molecule has 3 aromatic carbocycles. The number of benzene rings is 3. The van der Waals surface area contributed by atoms with Gasteiger partial charge in [-0.05, 0) is 59.9 Å². The molecule has 0 fully saturated rings. The molecule has 0 atom stereocenters. The number of rotatable bonds is 8. The third kappa shape index (κ3) is 6.50. The Balaban J connectivity index is 1.33. The molecule has 4 aromatic rings. The summed E-state index contributed by atoms with van der Waals surface area (Å²) in [6.07, 6.45) is -2.57. The lowest BCUT2D eigenvalue weighted by molar-refractivity contribution is -0.274. The smallest absolute Gasteiger partial charge is 0.406 e. The molecule has 9 heteroatoms. The van der Waals surface area contributed by atoms with E-state index >= 15 is 0 Å². The minimum Gasteiger partial charge on any atom is -0.406 e. The molecule has 186 valence electrons. The van der Waals surface area contributed by atoms with Crippen LogP contribution in [0.2, 0.25) is 0 Å². The highest BCUT2D eigenvalue weighted by Gasteiger charge is 2.31. The third-order valence-corrected chi connectivity index (χ3v) is 5.55. The van der Waals surface area contributed by atoms with Gasteiger partial charge in [0.1, 0.15) is 12.1 Å². The number of amides is 1. The molecule has 6 nitrogen and oxygen atoms in total. The van der Waals surface area contributed by atoms with Crippen molar-refractivity contribution in [2.75, 3.05) is 6.54 Å². The van der Waals surface area contributed by atoms with E-state index in [0.29, 0.717) is 36.0 Å². The quantitative estimate of drug-likeness (QED) is 0.330. The van der Waals surface area contributed by atoms with Crippen LogP contribution in [-0.2, 0) is 6.42 Å². The Bertz CT molecular complexity index is 1310. The lowest BCUT2D eigenvalue weighted by Crippen LogP contribution is -2.25. The Kier molecular flexibility index (Phi) is 7.38. The van der Waals surface area contributed by atoms with Crippen LogP contribution >= 0.6 is 0 Å². The van der Waals surface area contributed by atoms with Crippen molar-refractivity contribution in [2.45, 2.75) is 32.5 Å². The zero-order valence-corrected chi connectivity index (χ0v) is 19.8. The minimum atomic E-state index is -4.74. The van der Waals surface area contributed by atoms with E-state index in [1.165, 1.54) is 35.3 Å². The number of hydrogen-bond donors (Lipinski definition) is 1. The molecule has 0 bridgehead atoms. The van der Waals surface area contributed by atoms with Crippen molar-refractivity contribution in [2.24, 2.45) is 0 Å². The second kappa shape index (κ2) is 10.6. The van der Waals surface area contributed by atoms with Crippen LogP contribution in [0, 0.1) is 0 Å². The maximum atomic E-state index is 12.5. The molecule has 1 aromatic heterocycles. The van der Waals surface area contributed by atoms with Crippen molar-refractivity contribution in [3.05, 3.63) is 95.8 Å². The first kappa shape index (κ1) is 25.0. The van der Waals surface area contributed by atoms with Gasteiger partial charge in [0.25, 0.3) is 5.91 Å². The number of nitrogens with zero attached hydrogens (tertiary/aromatic N) is 3. The Morgan fingerprint density at radius 3 is 2.42 bits per heavy atom. The van der Waals surface area contributed by atoms with Gasteiger partial charge in [-0.25, -0.2) is 9.67 Å². The summed E-state index contributed by atoms with van der Waals surface area (Å²) in [6.45, 7) is 4.69. The molecule has 1 heterocycles. The molecule has 0 unspecified atom stereocenters. The normalized spacial score (nSPS) is 11.5. The molecule has 0 saturated carbocycles.